The number of anilines is 1. The van der Waals surface area contributed by atoms with Gasteiger partial charge in [0.1, 0.15) is 6.07 Å². The molecule has 1 N–H and O–H groups in total. The zero-order valence-electron chi connectivity index (χ0n) is 13.9. The molecule has 0 saturated heterocycles. The maximum absolute atomic E-state index is 9.30. The van der Waals surface area contributed by atoms with Crippen molar-refractivity contribution in [1.82, 2.24) is 4.98 Å². The molecule has 0 saturated carbocycles. The Labute approximate surface area is 136 Å². The lowest BCUT2D eigenvalue weighted by atomic mass is 10.1. The van der Waals surface area contributed by atoms with Gasteiger partial charge in [-0.1, -0.05) is 6.07 Å². The van der Waals surface area contributed by atoms with Crippen molar-refractivity contribution < 1.29 is 9.47 Å². The van der Waals surface area contributed by atoms with E-state index in [2.05, 4.69) is 16.4 Å². The van der Waals surface area contributed by atoms with Crippen LogP contribution in [0.3, 0.4) is 0 Å². The minimum atomic E-state index is 0.577. The van der Waals surface area contributed by atoms with Gasteiger partial charge in [0.25, 0.3) is 0 Å². The van der Waals surface area contributed by atoms with Gasteiger partial charge in [-0.15, -0.1) is 0 Å². The summed E-state index contributed by atoms with van der Waals surface area (Å²) in [5.41, 5.74) is 4.03. The number of rotatable bonds is 6. The van der Waals surface area contributed by atoms with Gasteiger partial charge in [-0.25, -0.2) is 0 Å². The van der Waals surface area contributed by atoms with E-state index in [1.807, 2.05) is 45.0 Å². The van der Waals surface area contributed by atoms with Crippen LogP contribution in [-0.2, 0) is 6.54 Å². The van der Waals surface area contributed by atoms with Gasteiger partial charge in [-0.05, 0) is 44.5 Å². The SMILES string of the molecule is CCOc1ccc(CNc2cc(C)nc(C)c2C#N)cc1OC. The summed E-state index contributed by atoms with van der Waals surface area (Å²) in [6.07, 6.45) is 0. The molecule has 1 aromatic heterocycles. The number of nitriles is 1. The first-order valence-corrected chi connectivity index (χ1v) is 7.51. The monoisotopic (exact) mass is 311 g/mol. The van der Waals surface area contributed by atoms with Crippen molar-refractivity contribution in [3.8, 4) is 17.6 Å². The van der Waals surface area contributed by atoms with Crippen LogP contribution in [0.1, 0.15) is 29.4 Å². The summed E-state index contributed by atoms with van der Waals surface area (Å²) in [6.45, 7) is 6.87. The van der Waals surface area contributed by atoms with Gasteiger partial charge in [0.2, 0.25) is 0 Å². The second kappa shape index (κ2) is 7.50. The normalized spacial score (nSPS) is 10.0. The number of hydrogen-bond donors (Lipinski definition) is 1. The minimum Gasteiger partial charge on any atom is -0.493 e. The van der Waals surface area contributed by atoms with Gasteiger partial charge in [0.05, 0.1) is 30.7 Å². The molecule has 5 heteroatoms. The van der Waals surface area contributed by atoms with Crippen LogP contribution in [-0.4, -0.2) is 18.7 Å². The summed E-state index contributed by atoms with van der Waals surface area (Å²) >= 11 is 0. The number of ether oxygens (including phenoxy) is 2. The summed E-state index contributed by atoms with van der Waals surface area (Å²) in [6, 6.07) is 9.90. The van der Waals surface area contributed by atoms with Crippen molar-refractivity contribution in [2.45, 2.75) is 27.3 Å². The van der Waals surface area contributed by atoms with E-state index in [0.29, 0.717) is 24.5 Å². The molecule has 1 heterocycles. The maximum atomic E-state index is 9.30. The highest BCUT2D eigenvalue weighted by Crippen LogP contribution is 2.28. The Morgan fingerprint density at radius 2 is 2.00 bits per heavy atom. The van der Waals surface area contributed by atoms with E-state index in [1.165, 1.54) is 0 Å². The molecule has 0 atom stereocenters. The molecule has 2 aromatic rings. The predicted octanol–water partition coefficient (Wildman–Crippen LogP) is 3.59. The number of methoxy groups -OCH3 is 1. The number of hydrogen-bond acceptors (Lipinski definition) is 5. The lowest BCUT2D eigenvalue weighted by molar-refractivity contribution is 0.310. The van der Waals surface area contributed by atoms with Crippen molar-refractivity contribution >= 4 is 5.69 Å². The molecule has 0 aliphatic carbocycles. The minimum absolute atomic E-state index is 0.577. The third-order valence-corrected chi connectivity index (χ3v) is 3.45. The average Bonchev–Trinajstić information content (AvgIpc) is 2.53. The molecule has 0 spiro atoms. The molecular formula is C18H21N3O2. The third-order valence-electron chi connectivity index (χ3n) is 3.45. The van der Waals surface area contributed by atoms with Crippen LogP contribution in [0, 0.1) is 25.2 Å². The van der Waals surface area contributed by atoms with E-state index >= 15 is 0 Å². The van der Waals surface area contributed by atoms with E-state index < -0.39 is 0 Å². The van der Waals surface area contributed by atoms with E-state index in [4.69, 9.17) is 9.47 Å². The van der Waals surface area contributed by atoms with E-state index in [1.54, 1.807) is 7.11 Å². The zero-order chi connectivity index (χ0) is 16.8. The maximum Gasteiger partial charge on any atom is 0.161 e. The smallest absolute Gasteiger partial charge is 0.161 e. The second-order valence-corrected chi connectivity index (χ2v) is 5.16. The predicted molar refractivity (Wildman–Crippen MR) is 89.9 cm³/mol. The molecule has 2 rings (SSSR count). The van der Waals surface area contributed by atoms with Crippen molar-refractivity contribution in [3.05, 3.63) is 46.8 Å². The van der Waals surface area contributed by atoms with Gasteiger partial charge in [0.15, 0.2) is 11.5 Å². The summed E-state index contributed by atoms with van der Waals surface area (Å²) < 4.78 is 10.9. The highest BCUT2D eigenvalue weighted by molar-refractivity contribution is 5.60. The number of nitrogens with one attached hydrogen (secondary N) is 1. The molecule has 0 aliphatic rings. The first-order chi connectivity index (χ1) is 11.1. The summed E-state index contributed by atoms with van der Waals surface area (Å²) in [5, 5.41) is 12.6. The molecule has 0 bridgehead atoms. The molecule has 5 nitrogen and oxygen atoms in total. The lowest BCUT2D eigenvalue weighted by Gasteiger charge is -2.13. The van der Waals surface area contributed by atoms with Gasteiger partial charge in [-0.3, -0.25) is 4.98 Å². The quantitative estimate of drug-likeness (QED) is 0.883. The Balaban J connectivity index is 2.20. The standard InChI is InChI=1S/C18H21N3O2/c1-5-23-17-7-6-14(9-18(17)22-4)11-20-16-8-12(2)21-13(3)15(16)10-19/h6-9H,5,11H2,1-4H3,(H,20,21). The van der Waals surface area contributed by atoms with Gasteiger partial charge >= 0.3 is 0 Å². The van der Waals surface area contributed by atoms with Crippen LogP contribution in [0.15, 0.2) is 24.3 Å². The van der Waals surface area contributed by atoms with E-state index in [-0.39, 0.29) is 0 Å². The fourth-order valence-electron chi connectivity index (χ4n) is 2.40. The third kappa shape index (κ3) is 3.92. The first-order valence-electron chi connectivity index (χ1n) is 7.51. The molecular weight excluding hydrogens is 290 g/mol. The molecule has 0 amide bonds. The topological polar surface area (TPSA) is 67.2 Å². The Morgan fingerprint density at radius 1 is 1.22 bits per heavy atom. The number of nitrogens with zero attached hydrogens (tertiary/aromatic N) is 2. The zero-order valence-corrected chi connectivity index (χ0v) is 13.9. The summed E-state index contributed by atoms with van der Waals surface area (Å²) in [7, 11) is 1.62. The fourth-order valence-corrected chi connectivity index (χ4v) is 2.40. The average molecular weight is 311 g/mol. The highest BCUT2D eigenvalue weighted by atomic mass is 16.5. The molecule has 0 unspecified atom stereocenters. The van der Waals surface area contributed by atoms with E-state index in [9.17, 15) is 5.26 Å². The molecule has 0 aliphatic heterocycles. The van der Waals surface area contributed by atoms with Crippen molar-refractivity contribution in [3.63, 3.8) is 0 Å². The van der Waals surface area contributed by atoms with Gasteiger partial charge in [0, 0.05) is 12.2 Å². The molecule has 120 valence electrons. The van der Waals surface area contributed by atoms with Crippen LogP contribution in [0.2, 0.25) is 0 Å². The van der Waals surface area contributed by atoms with Crippen molar-refractivity contribution in [2.24, 2.45) is 0 Å². The first kappa shape index (κ1) is 16.6. The molecule has 0 fully saturated rings. The van der Waals surface area contributed by atoms with Crippen molar-refractivity contribution in [2.75, 3.05) is 19.0 Å². The summed E-state index contributed by atoms with van der Waals surface area (Å²) in [5.74, 6) is 1.43. The van der Waals surface area contributed by atoms with Crippen molar-refractivity contribution in [1.29, 1.82) is 5.26 Å². The van der Waals surface area contributed by atoms with Crippen LogP contribution in [0.4, 0.5) is 5.69 Å². The number of aromatic nitrogens is 1. The summed E-state index contributed by atoms with van der Waals surface area (Å²) in [4.78, 5) is 4.32. The molecule has 23 heavy (non-hydrogen) atoms. The Kier molecular flexibility index (Phi) is 5.42. The molecule has 0 radical (unpaired) electrons. The Bertz CT molecular complexity index is 736. The highest BCUT2D eigenvalue weighted by Gasteiger charge is 2.09. The fraction of sp³-hybridized carbons (Fsp3) is 0.333. The number of aryl methyl sites for hydroxylation is 2. The van der Waals surface area contributed by atoms with Crippen LogP contribution in [0.5, 0.6) is 11.5 Å². The van der Waals surface area contributed by atoms with E-state index in [0.717, 1.165) is 28.4 Å². The van der Waals surface area contributed by atoms with Gasteiger partial charge in [-0.2, -0.15) is 5.26 Å². The largest absolute Gasteiger partial charge is 0.493 e. The van der Waals surface area contributed by atoms with Gasteiger partial charge < -0.3 is 14.8 Å². The lowest BCUT2D eigenvalue weighted by Crippen LogP contribution is -2.05. The van der Waals surface area contributed by atoms with Crippen LogP contribution >= 0.6 is 0 Å². The Morgan fingerprint density at radius 3 is 2.65 bits per heavy atom. The second-order valence-electron chi connectivity index (χ2n) is 5.16. The van der Waals surface area contributed by atoms with Crippen LogP contribution < -0.4 is 14.8 Å². The Hall–Kier alpha value is -2.74. The van der Waals surface area contributed by atoms with Crippen LogP contribution in [0.25, 0.3) is 0 Å². The number of pyridine rings is 1. The number of benzene rings is 1. The molecule has 1 aromatic carbocycles.